The number of nitrogens with zero attached hydrogens (tertiary/aromatic N) is 2. The number of fused-ring (bicyclic) bond motifs is 1. The van der Waals surface area contributed by atoms with Crippen molar-refractivity contribution in [2.45, 2.75) is 5.75 Å². The maximum Gasteiger partial charge on any atom is 0.268 e. The minimum atomic E-state index is -0.168. The second-order valence-corrected chi connectivity index (χ2v) is 5.16. The Morgan fingerprint density at radius 1 is 1.61 bits per heavy atom. The third-order valence-electron chi connectivity index (χ3n) is 1.94. The van der Waals surface area contributed by atoms with Gasteiger partial charge in [0, 0.05) is 0 Å². The van der Waals surface area contributed by atoms with Gasteiger partial charge in [-0.05, 0) is 11.4 Å². The largest absolute Gasteiger partial charge is 0.370 e. The average molecular weight is 282 g/mol. The summed E-state index contributed by atoms with van der Waals surface area (Å²) < 4.78 is 0.600. The summed E-state index contributed by atoms with van der Waals surface area (Å²) in [4.78, 5) is 22.2. The number of thioether (sulfide) groups is 1. The molecule has 0 saturated carbocycles. The summed E-state index contributed by atoms with van der Waals surface area (Å²) in [5.74, 6) is 0.657. The van der Waals surface area contributed by atoms with Crippen molar-refractivity contribution in [1.29, 1.82) is 5.41 Å². The molecule has 6 N–H and O–H groups in total. The van der Waals surface area contributed by atoms with Gasteiger partial charge in [0.25, 0.3) is 5.56 Å². The molecule has 0 unspecified atom stereocenters. The summed E-state index contributed by atoms with van der Waals surface area (Å²) in [5.41, 5.74) is 10.8. The van der Waals surface area contributed by atoms with E-state index >= 15 is 0 Å². The molecule has 0 fully saturated rings. The summed E-state index contributed by atoms with van der Waals surface area (Å²) in [6, 6.07) is 1.78. The van der Waals surface area contributed by atoms with E-state index in [1.54, 1.807) is 6.07 Å². The molecular formula is C9H10N6OS2. The van der Waals surface area contributed by atoms with Gasteiger partial charge in [-0.1, -0.05) is 11.8 Å². The fraction of sp³-hybridized carbons (Fsp3) is 0.111. The molecule has 0 saturated heterocycles. The number of nitrogens with one attached hydrogen (secondary N) is 2. The van der Waals surface area contributed by atoms with Crippen molar-refractivity contribution in [2.24, 2.45) is 16.5 Å². The number of aromatic nitrogens is 2. The van der Waals surface area contributed by atoms with Crippen LogP contribution >= 0.6 is 23.1 Å². The first kappa shape index (κ1) is 12.6. The lowest BCUT2D eigenvalue weighted by molar-refractivity contribution is 1.05. The van der Waals surface area contributed by atoms with E-state index < -0.39 is 0 Å². The smallest absolute Gasteiger partial charge is 0.268 e. The average Bonchev–Trinajstić information content (AvgIpc) is 2.74. The third-order valence-corrected chi connectivity index (χ3v) is 3.63. The minimum Gasteiger partial charge on any atom is -0.370 e. The minimum absolute atomic E-state index is 0.0249. The number of H-pyrrole nitrogens is 1. The monoisotopic (exact) mass is 282 g/mol. The lowest BCUT2D eigenvalue weighted by atomic mass is 10.4. The van der Waals surface area contributed by atoms with Gasteiger partial charge in [-0.2, -0.15) is 4.99 Å². The Balaban J connectivity index is 2.15. The van der Waals surface area contributed by atoms with Crippen LogP contribution in [0.2, 0.25) is 0 Å². The van der Waals surface area contributed by atoms with Crippen molar-refractivity contribution in [1.82, 2.24) is 9.97 Å². The van der Waals surface area contributed by atoms with Crippen molar-refractivity contribution < 1.29 is 0 Å². The van der Waals surface area contributed by atoms with Crippen LogP contribution in [0, 0.1) is 5.41 Å². The van der Waals surface area contributed by atoms with Crippen molar-refractivity contribution in [3.8, 4) is 0 Å². The van der Waals surface area contributed by atoms with E-state index in [9.17, 15) is 4.79 Å². The molecular weight excluding hydrogens is 272 g/mol. The summed E-state index contributed by atoms with van der Waals surface area (Å²) in [6.07, 6.45) is 0. The molecule has 2 aromatic rings. The van der Waals surface area contributed by atoms with Gasteiger partial charge in [0.2, 0.25) is 0 Å². The van der Waals surface area contributed by atoms with Crippen LogP contribution in [0.25, 0.3) is 10.2 Å². The Hall–Kier alpha value is -1.87. The first-order valence-corrected chi connectivity index (χ1v) is 6.70. The van der Waals surface area contributed by atoms with E-state index in [1.807, 2.05) is 5.38 Å². The lowest BCUT2D eigenvalue weighted by Crippen LogP contribution is -2.23. The Kier molecular flexibility index (Phi) is 3.63. The molecule has 0 bridgehead atoms. The maximum absolute atomic E-state index is 11.7. The molecule has 94 valence electrons. The molecule has 7 nitrogen and oxygen atoms in total. The van der Waals surface area contributed by atoms with Crippen LogP contribution in [0.5, 0.6) is 0 Å². The predicted molar refractivity (Wildman–Crippen MR) is 75.1 cm³/mol. The number of amidine groups is 1. The van der Waals surface area contributed by atoms with Gasteiger partial charge in [0.15, 0.2) is 11.1 Å². The second-order valence-electron chi connectivity index (χ2n) is 3.28. The van der Waals surface area contributed by atoms with E-state index in [0.717, 1.165) is 11.8 Å². The highest BCUT2D eigenvalue weighted by atomic mass is 32.2. The quantitative estimate of drug-likeness (QED) is 0.468. The van der Waals surface area contributed by atoms with Crippen LogP contribution in [-0.2, 0) is 5.75 Å². The molecule has 0 radical (unpaired) electrons. The van der Waals surface area contributed by atoms with Crippen molar-refractivity contribution in [3.63, 3.8) is 0 Å². The fourth-order valence-corrected chi connectivity index (χ4v) is 2.58. The van der Waals surface area contributed by atoms with E-state index in [4.69, 9.17) is 16.9 Å². The summed E-state index contributed by atoms with van der Waals surface area (Å²) in [6.45, 7) is 0. The number of guanidine groups is 1. The molecule has 18 heavy (non-hydrogen) atoms. The predicted octanol–water partition coefficient (Wildman–Crippen LogP) is 0.426. The maximum atomic E-state index is 11.7. The fourth-order valence-electron chi connectivity index (χ4n) is 1.28. The van der Waals surface area contributed by atoms with Crippen LogP contribution in [0.4, 0.5) is 0 Å². The van der Waals surface area contributed by atoms with E-state index in [0.29, 0.717) is 21.8 Å². The van der Waals surface area contributed by atoms with Crippen LogP contribution in [-0.4, -0.2) is 21.1 Å². The van der Waals surface area contributed by atoms with Crippen LogP contribution in [0.1, 0.15) is 5.82 Å². The molecule has 0 aromatic carbocycles. The molecule has 9 heteroatoms. The van der Waals surface area contributed by atoms with Crippen LogP contribution in [0.3, 0.4) is 0 Å². The Labute approximate surface area is 110 Å². The van der Waals surface area contributed by atoms with Gasteiger partial charge in [0.1, 0.15) is 10.5 Å². The van der Waals surface area contributed by atoms with Gasteiger partial charge >= 0.3 is 0 Å². The van der Waals surface area contributed by atoms with Gasteiger partial charge in [0.05, 0.1) is 11.3 Å². The zero-order valence-corrected chi connectivity index (χ0v) is 10.8. The van der Waals surface area contributed by atoms with Gasteiger partial charge in [-0.25, -0.2) is 4.98 Å². The first-order chi connectivity index (χ1) is 8.56. The van der Waals surface area contributed by atoms with Gasteiger partial charge in [-0.3, -0.25) is 10.2 Å². The van der Waals surface area contributed by atoms with Crippen molar-refractivity contribution >= 4 is 44.4 Å². The number of nitrogens with two attached hydrogens (primary N) is 2. The Bertz CT molecular complexity index is 669. The summed E-state index contributed by atoms with van der Waals surface area (Å²) in [5, 5.41) is 9.24. The number of aliphatic imine (C=N–C) groups is 1. The molecule has 0 atom stereocenters. The van der Waals surface area contributed by atoms with Crippen LogP contribution in [0.15, 0.2) is 21.2 Å². The Morgan fingerprint density at radius 3 is 3.11 bits per heavy atom. The van der Waals surface area contributed by atoms with Crippen LogP contribution < -0.4 is 17.0 Å². The van der Waals surface area contributed by atoms with E-state index in [2.05, 4.69) is 15.0 Å². The van der Waals surface area contributed by atoms with Crippen molar-refractivity contribution in [3.05, 3.63) is 27.6 Å². The van der Waals surface area contributed by atoms with E-state index in [1.165, 1.54) is 11.3 Å². The zero-order valence-electron chi connectivity index (χ0n) is 9.14. The standard InChI is InChI=1S/C9H10N6OS2/c10-8(11)15-9(12)18-3-5-13-4-1-2-17-6(4)7(16)14-5/h1-2H,3H2,(H,13,14,16)(H5,10,11,12,15). The van der Waals surface area contributed by atoms with Gasteiger partial charge in [-0.15, -0.1) is 11.3 Å². The molecule has 2 rings (SSSR count). The summed E-state index contributed by atoms with van der Waals surface area (Å²) >= 11 is 2.43. The number of thiophene rings is 1. The summed E-state index contributed by atoms with van der Waals surface area (Å²) in [7, 11) is 0. The molecule has 2 aromatic heterocycles. The molecule has 0 spiro atoms. The highest BCUT2D eigenvalue weighted by Gasteiger charge is 2.06. The molecule has 0 aliphatic carbocycles. The second kappa shape index (κ2) is 5.19. The lowest BCUT2D eigenvalue weighted by Gasteiger charge is -2.00. The number of hydrogen-bond acceptors (Lipinski definition) is 5. The number of rotatable bonds is 2. The molecule has 0 aliphatic rings. The topological polar surface area (TPSA) is 134 Å². The van der Waals surface area contributed by atoms with Crippen molar-refractivity contribution in [2.75, 3.05) is 0 Å². The third kappa shape index (κ3) is 2.87. The van der Waals surface area contributed by atoms with E-state index in [-0.39, 0.29) is 16.7 Å². The number of aromatic amines is 1. The molecule has 0 aliphatic heterocycles. The first-order valence-electron chi connectivity index (χ1n) is 4.83. The molecule has 2 heterocycles. The van der Waals surface area contributed by atoms with Gasteiger partial charge < -0.3 is 16.5 Å². The zero-order chi connectivity index (χ0) is 13.1. The molecule has 0 amide bonds. The highest BCUT2D eigenvalue weighted by molar-refractivity contribution is 8.13. The Morgan fingerprint density at radius 2 is 2.39 bits per heavy atom. The normalized spacial score (nSPS) is 10.4. The highest BCUT2D eigenvalue weighted by Crippen LogP contribution is 2.16. The SMILES string of the molecule is N=C(N=C(N)N)SCc1nc2ccsc2c(=O)[nH]1. The number of hydrogen-bond donors (Lipinski definition) is 4.